The predicted octanol–water partition coefficient (Wildman–Crippen LogP) is 2.58. The van der Waals surface area contributed by atoms with Crippen LogP contribution in [0.1, 0.15) is 17.7 Å². The van der Waals surface area contributed by atoms with E-state index in [4.69, 9.17) is 5.73 Å². The summed E-state index contributed by atoms with van der Waals surface area (Å²) in [4.78, 5) is 2.18. The summed E-state index contributed by atoms with van der Waals surface area (Å²) in [5, 5.41) is 8.42. The van der Waals surface area contributed by atoms with Crippen molar-refractivity contribution in [3.05, 3.63) is 47.7 Å². The number of nitrogens with zero attached hydrogens (tertiary/aromatic N) is 3. The van der Waals surface area contributed by atoms with Crippen molar-refractivity contribution in [3.63, 3.8) is 0 Å². The monoisotopic (exact) mass is 256 g/mol. The predicted molar refractivity (Wildman–Crippen MR) is 78.6 cm³/mol. The normalized spacial score (nSPS) is 10.5. The number of aryl methyl sites for hydroxylation is 2. The van der Waals surface area contributed by atoms with Gasteiger partial charge in [0.05, 0.1) is 5.69 Å². The van der Waals surface area contributed by atoms with Crippen LogP contribution in [-0.4, -0.2) is 23.3 Å². The molecular weight excluding hydrogens is 236 g/mol. The first-order valence-electron chi connectivity index (χ1n) is 6.56. The molecule has 0 radical (unpaired) electrons. The minimum atomic E-state index is 0.668. The third kappa shape index (κ3) is 3.29. The number of hydrogen-bond donors (Lipinski definition) is 1. The number of hydrogen-bond acceptors (Lipinski definition) is 4. The molecule has 1 aromatic carbocycles. The molecule has 4 heteroatoms. The molecular formula is C15H20N4. The zero-order valence-electron chi connectivity index (χ0n) is 11.5. The molecule has 4 nitrogen and oxygen atoms in total. The lowest BCUT2D eigenvalue weighted by Gasteiger charge is -2.24. The smallest absolute Gasteiger partial charge is 0.155 e. The molecule has 0 bridgehead atoms. The molecule has 0 amide bonds. The van der Waals surface area contributed by atoms with E-state index >= 15 is 0 Å². The van der Waals surface area contributed by atoms with E-state index < -0.39 is 0 Å². The molecule has 0 saturated carbocycles. The fraction of sp³-hybridized carbons (Fsp3) is 0.333. The Labute approximate surface area is 114 Å². The van der Waals surface area contributed by atoms with Gasteiger partial charge in [-0.3, -0.25) is 0 Å². The number of nitrogens with two attached hydrogens (primary N) is 1. The Balaban J connectivity index is 2.35. The van der Waals surface area contributed by atoms with Gasteiger partial charge in [-0.2, -0.15) is 5.10 Å². The molecule has 0 aliphatic heterocycles. The lowest BCUT2D eigenvalue weighted by atomic mass is 10.1. The molecule has 0 atom stereocenters. The molecule has 2 N–H and O–H groups in total. The van der Waals surface area contributed by atoms with Gasteiger partial charge in [0, 0.05) is 12.2 Å². The van der Waals surface area contributed by atoms with Crippen molar-refractivity contribution in [2.75, 3.05) is 18.0 Å². The zero-order chi connectivity index (χ0) is 13.7. The Morgan fingerprint density at radius 1 is 1.05 bits per heavy atom. The van der Waals surface area contributed by atoms with Crippen LogP contribution in [0, 0.1) is 13.8 Å². The second-order valence-electron chi connectivity index (χ2n) is 4.61. The van der Waals surface area contributed by atoms with Gasteiger partial charge >= 0.3 is 0 Å². The summed E-state index contributed by atoms with van der Waals surface area (Å²) in [6, 6.07) is 12.3. The molecule has 19 heavy (non-hydrogen) atoms. The minimum absolute atomic E-state index is 0.668. The van der Waals surface area contributed by atoms with Crippen LogP contribution in [0.3, 0.4) is 0 Å². The Bertz CT molecular complexity index is 522. The summed E-state index contributed by atoms with van der Waals surface area (Å²) >= 11 is 0. The second kappa shape index (κ2) is 6.29. The van der Waals surface area contributed by atoms with Crippen LogP contribution in [0.25, 0.3) is 0 Å². The summed E-state index contributed by atoms with van der Waals surface area (Å²) in [6.45, 7) is 5.56. The first-order chi connectivity index (χ1) is 9.22. The summed E-state index contributed by atoms with van der Waals surface area (Å²) in [5.74, 6) is 0.869. The van der Waals surface area contributed by atoms with Crippen molar-refractivity contribution >= 4 is 11.5 Å². The van der Waals surface area contributed by atoms with Crippen LogP contribution in [0.4, 0.5) is 11.5 Å². The lowest BCUT2D eigenvalue weighted by Crippen LogP contribution is -2.23. The highest BCUT2D eigenvalue weighted by molar-refractivity contribution is 5.63. The van der Waals surface area contributed by atoms with Crippen molar-refractivity contribution in [1.82, 2.24) is 10.2 Å². The van der Waals surface area contributed by atoms with Crippen LogP contribution >= 0.6 is 0 Å². The SMILES string of the molecule is Cc1ccc(N(CCCN)c2ccccc2C)nn1. The van der Waals surface area contributed by atoms with Crippen LogP contribution in [0.5, 0.6) is 0 Å². The molecule has 0 fully saturated rings. The van der Waals surface area contributed by atoms with Crippen molar-refractivity contribution < 1.29 is 0 Å². The van der Waals surface area contributed by atoms with Crippen LogP contribution in [-0.2, 0) is 0 Å². The maximum absolute atomic E-state index is 5.63. The van der Waals surface area contributed by atoms with Gasteiger partial charge < -0.3 is 10.6 Å². The maximum atomic E-state index is 5.63. The van der Waals surface area contributed by atoms with E-state index in [0.29, 0.717) is 6.54 Å². The van der Waals surface area contributed by atoms with Gasteiger partial charge in [0.2, 0.25) is 0 Å². The van der Waals surface area contributed by atoms with Gasteiger partial charge in [0.15, 0.2) is 5.82 Å². The maximum Gasteiger partial charge on any atom is 0.155 e. The van der Waals surface area contributed by atoms with Crippen LogP contribution < -0.4 is 10.6 Å². The number of rotatable bonds is 5. The van der Waals surface area contributed by atoms with Crippen molar-refractivity contribution in [1.29, 1.82) is 0 Å². The Morgan fingerprint density at radius 3 is 2.47 bits per heavy atom. The lowest BCUT2D eigenvalue weighted by molar-refractivity contribution is 0.797. The fourth-order valence-electron chi connectivity index (χ4n) is 2.01. The van der Waals surface area contributed by atoms with Gasteiger partial charge in [0.25, 0.3) is 0 Å². The molecule has 100 valence electrons. The number of para-hydroxylation sites is 1. The Morgan fingerprint density at radius 2 is 1.84 bits per heavy atom. The van der Waals surface area contributed by atoms with Crippen molar-refractivity contribution in [2.24, 2.45) is 5.73 Å². The van der Waals surface area contributed by atoms with Crippen LogP contribution in [0.15, 0.2) is 36.4 Å². The Kier molecular flexibility index (Phi) is 4.47. The topological polar surface area (TPSA) is 55.0 Å². The number of anilines is 2. The summed E-state index contributed by atoms with van der Waals surface area (Å²) in [6.07, 6.45) is 0.921. The molecule has 2 rings (SSSR count). The molecule has 0 aliphatic carbocycles. The third-order valence-corrected chi connectivity index (χ3v) is 3.05. The molecule has 0 unspecified atom stereocenters. The standard InChI is InChI=1S/C15H20N4/c1-12-6-3-4-7-14(12)19(11-5-10-16)15-9-8-13(2)17-18-15/h3-4,6-9H,5,10-11,16H2,1-2H3. The molecule has 1 aromatic heterocycles. The highest BCUT2D eigenvalue weighted by atomic mass is 15.3. The molecule has 0 saturated heterocycles. The second-order valence-corrected chi connectivity index (χ2v) is 4.61. The first-order valence-corrected chi connectivity index (χ1v) is 6.56. The largest absolute Gasteiger partial charge is 0.330 e. The van der Waals surface area contributed by atoms with E-state index in [1.54, 1.807) is 0 Å². The van der Waals surface area contributed by atoms with E-state index in [1.165, 1.54) is 5.56 Å². The van der Waals surface area contributed by atoms with Gasteiger partial charge in [-0.1, -0.05) is 18.2 Å². The molecule has 2 aromatic rings. The highest BCUT2D eigenvalue weighted by Gasteiger charge is 2.12. The van der Waals surface area contributed by atoms with E-state index in [2.05, 4.69) is 34.2 Å². The quantitative estimate of drug-likeness (QED) is 0.893. The first kappa shape index (κ1) is 13.5. The zero-order valence-corrected chi connectivity index (χ0v) is 11.5. The van der Waals surface area contributed by atoms with Gasteiger partial charge in [-0.05, 0) is 50.6 Å². The highest BCUT2D eigenvalue weighted by Crippen LogP contribution is 2.26. The Hall–Kier alpha value is -1.94. The summed E-state index contributed by atoms with van der Waals surface area (Å²) in [5.41, 5.74) is 8.94. The van der Waals surface area contributed by atoms with Crippen LogP contribution in [0.2, 0.25) is 0 Å². The average Bonchev–Trinajstić information content (AvgIpc) is 2.43. The number of aromatic nitrogens is 2. The molecule has 0 spiro atoms. The third-order valence-electron chi connectivity index (χ3n) is 3.05. The van der Waals surface area contributed by atoms with Gasteiger partial charge in [-0.15, -0.1) is 5.10 Å². The van der Waals surface area contributed by atoms with Crippen molar-refractivity contribution in [2.45, 2.75) is 20.3 Å². The summed E-state index contributed by atoms with van der Waals surface area (Å²) in [7, 11) is 0. The average molecular weight is 256 g/mol. The fourth-order valence-corrected chi connectivity index (χ4v) is 2.01. The number of benzene rings is 1. The minimum Gasteiger partial charge on any atom is -0.330 e. The van der Waals surface area contributed by atoms with E-state index in [0.717, 1.165) is 30.2 Å². The van der Waals surface area contributed by atoms with E-state index in [9.17, 15) is 0 Å². The van der Waals surface area contributed by atoms with Gasteiger partial charge in [0.1, 0.15) is 0 Å². The molecule has 0 aliphatic rings. The molecule has 1 heterocycles. The van der Waals surface area contributed by atoms with Gasteiger partial charge in [-0.25, -0.2) is 0 Å². The summed E-state index contributed by atoms with van der Waals surface area (Å²) < 4.78 is 0. The van der Waals surface area contributed by atoms with E-state index in [1.807, 2.05) is 31.2 Å². The van der Waals surface area contributed by atoms with Crippen molar-refractivity contribution in [3.8, 4) is 0 Å². The van der Waals surface area contributed by atoms with E-state index in [-0.39, 0.29) is 0 Å².